The highest BCUT2D eigenvalue weighted by Crippen LogP contribution is 2.45. The largest absolute Gasteiger partial charge is 0.493 e. The van der Waals surface area contributed by atoms with Crippen molar-refractivity contribution in [3.8, 4) is 5.75 Å². The Kier molecular flexibility index (Phi) is 9.62. The molecule has 7 nitrogen and oxygen atoms in total. The number of hydrogen-bond acceptors (Lipinski definition) is 5. The number of fused-ring (bicyclic) bond motifs is 2. The topological polar surface area (TPSA) is 99.7 Å². The van der Waals surface area contributed by atoms with Crippen LogP contribution in [0, 0.1) is 11.7 Å². The van der Waals surface area contributed by atoms with Crippen molar-refractivity contribution in [2.45, 2.75) is 89.4 Å². The zero-order valence-electron chi connectivity index (χ0n) is 23.3. The third-order valence-electron chi connectivity index (χ3n) is 7.80. The lowest BCUT2D eigenvalue weighted by Crippen LogP contribution is -2.56. The van der Waals surface area contributed by atoms with E-state index in [9.17, 15) is 19.1 Å². The molecule has 1 heterocycles. The van der Waals surface area contributed by atoms with Crippen LogP contribution in [0.3, 0.4) is 0 Å². The summed E-state index contributed by atoms with van der Waals surface area (Å²) in [6.45, 7) is 6.49. The van der Waals surface area contributed by atoms with Gasteiger partial charge in [-0.1, -0.05) is 45.0 Å². The minimum atomic E-state index is -0.951. The number of aliphatic hydroxyl groups is 1. The van der Waals surface area contributed by atoms with Crippen LogP contribution in [-0.4, -0.2) is 48.3 Å². The molecule has 3 atom stereocenters. The van der Waals surface area contributed by atoms with E-state index in [2.05, 4.69) is 47.1 Å². The standard InChI is InChI=1S/C31H42FN3O4/c1-4-21-8-7-9-23(14-21)31(11-12-31)33-19-27(36)26-17-22-15-24(32)18-25(16-22)39-13-6-5-10-28(37)35-29(20(2)3)30(38)34-26/h7-9,14-16,18,20,26-27,29,33,36H,4-6,10-13,17,19H2,1-3H3,(H,34,38)(H,35,37)/t26-,27+,29?/m0/s1. The van der Waals surface area contributed by atoms with Crippen molar-refractivity contribution in [1.29, 1.82) is 0 Å². The highest BCUT2D eigenvalue weighted by Gasteiger charge is 2.44. The van der Waals surface area contributed by atoms with Crippen molar-refractivity contribution in [2.24, 2.45) is 5.92 Å². The van der Waals surface area contributed by atoms with E-state index in [-0.39, 0.29) is 42.7 Å². The van der Waals surface area contributed by atoms with Crippen molar-refractivity contribution in [1.82, 2.24) is 16.0 Å². The third kappa shape index (κ3) is 7.79. The normalized spacial score (nSPS) is 22.6. The summed E-state index contributed by atoms with van der Waals surface area (Å²) in [5.74, 6) is -0.745. The molecule has 2 aromatic carbocycles. The first-order valence-corrected chi connectivity index (χ1v) is 14.2. The number of amides is 2. The van der Waals surface area contributed by atoms with Gasteiger partial charge in [0.1, 0.15) is 17.6 Å². The minimum absolute atomic E-state index is 0.148. The molecule has 1 aliphatic carbocycles. The van der Waals surface area contributed by atoms with Gasteiger partial charge in [-0.2, -0.15) is 0 Å². The molecule has 4 rings (SSSR count). The molecule has 1 fully saturated rings. The molecule has 0 radical (unpaired) electrons. The lowest BCUT2D eigenvalue weighted by atomic mass is 9.97. The first-order valence-electron chi connectivity index (χ1n) is 14.2. The van der Waals surface area contributed by atoms with E-state index < -0.39 is 24.0 Å². The van der Waals surface area contributed by atoms with Crippen LogP contribution >= 0.6 is 0 Å². The molecule has 212 valence electrons. The first-order chi connectivity index (χ1) is 18.7. The molecule has 2 aromatic rings. The van der Waals surface area contributed by atoms with Gasteiger partial charge in [-0.3, -0.25) is 9.59 Å². The Balaban J connectivity index is 1.55. The Morgan fingerprint density at radius 3 is 2.64 bits per heavy atom. The SMILES string of the molecule is CCc1cccc(C2(NC[C@@H](O)[C@@H]3Cc4cc(F)cc(c4)OCCCCC(=O)NC(C(C)C)C(=O)N3)CC2)c1. The second kappa shape index (κ2) is 12.9. The van der Waals surface area contributed by atoms with E-state index in [1.165, 1.54) is 23.3 Å². The van der Waals surface area contributed by atoms with Gasteiger partial charge in [-0.25, -0.2) is 4.39 Å². The molecule has 2 bridgehead atoms. The second-order valence-corrected chi connectivity index (χ2v) is 11.3. The van der Waals surface area contributed by atoms with Gasteiger partial charge in [-0.05, 0) is 73.3 Å². The number of rotatable bonds is 7. The summed E-state index contributed by atoms with van der Waals surface area (Å²) in [5.41, 5.74) is 2.89. The van der Waals surface area contributed by atoms with Crippen LogP contribution in [0.4, 0.5) is 4.39 Å². The molecule has 1 saturated carbocycles. The van der Waals surface area contributed by atoms with Crippen molar-refractivity contribution in [3.05, 3.63) is 65.0 Å². The molecule has 2 aliphatic rings. The van der Waals surface area contributed by atoms with Crippen molar-refractivity contribution < 1.29 is 23.8 Å². The average molecular weight is 540 g/mol. The molecule has 0 saturated heterocycles. The maximum absolute atomic E-state index is 14.5. The molecular formula is C31H42FN3O4. The summed E-state index contributed by atoms with van der Waals surface area (Å²) >= 11 is 0. The number of carbonyl (C=O) groups excluding carboxylic acids is 2. The molecule has 2 amide bonds. The smallest absolute Gasteiger partial charge is 0.243 e. The maximum Gasteiger partial charge on any atom is 0.243 e. The van der Waals surface area contributed by atoms with Crippen LogP contribution in [0.1, 0.15) is 69.6 Å². The molecule has 1 unspecified atom stereocenters. The lowest BCUT2D eigenvalue weighted by Gasteiger charge is -2.30. The van der Waals surface area contributed by atoms with Gasteiger partial charge in [0.15, 0.2) is 0 Å². The first kappa shape index (κ1) is 29.0. The zero-order chi connectivity index (χ0) is 28.0. The zero-order valence-corrected chi connectivity index (χ0v) is 23.3. The number of ether oxygens (including phenoxy) is 1. The van der Waals surface area contributed by atoms with E-state index in [1.54, 1.807) is 6.07 Å². The maximum atomic E-state index is 14.5. The Morgan fingerprint density at radius 2 is 1.92 bits per heavy atom. The number of halogens is 1. The Morgan fingerprint density at radius 1 is 1.13 bits per heavy atom. The van der Waals surface area contributed by atoms with Crippen LogP contribution in [-0.2, 0) is 28.0 Å². The summed E-state index contributed by atoms with van der Waals surface area (Å²) in [4.78, 5) is 25.9. The predicted octanol–water partition coefficient (Wildman–Crippen LogP) is 3.76. The van der Waals surface area contributed by atoms with E-state index in [4.69, 9.17) is 4.74 Å². The van der Waals surface area contributed by atoms with Gasteiger partial charge < -0.3 is 25.8 Å². The molecular weight excluding hydrogens is 497 g/mol. The van der Waals surface area contributed by atoms with E-state index in [0.717, 1.165) is 19.3 Å². The quantitative estimate of drug-likeness (QED) is 0.430. The second-order valence-electron chi connectivity index (χ2n) is 11.3. The summed E-state index contributed by atoms with van der Waals surface area (Å²) in [6.07, 6.45) is 3.64. The van der Waals surface area contributed by atoms with Gasteiger partial charge in [0, 0.05) is 24.6 Å². The molecule has 39 heavy (non-hydrogen) atoms. The number of aliphatic hydroxyl groups excluding tert-OH is 1. The van der Waals surface area contributed by atoms with Crippen LogP contribution in [0.5, 0.6) is 5.75 Å². The predicted molar refractivity (Wildman–Crippen MR) is 149 cm³/mol. The van der Waals surface area contributed by atoms with Gasteiger partial charge in [-0.15, -0.1) is 0 Å². The number of hydrogen-bond donors (Lipinski definition) is 4. The molecule has 0 spiro atoms. The molecule has 8 heteroatoms. The van der Waals surface area contributed by atoms with Crippen LogP contribution in [0.2, 0.25) is 0 Å². The lowest BCUT2D eigenvalue weighted by molar-refractivity contribution is -0.131. The molecule has 4 N–H and O–H groups in total. The summed E-state index contributed by atoms with van der Waals surface area (Å²) in [6, 6.07) is 11.5. The number of benzene rings is 2. The number of aryl methyl sites for hydroxylation is 1. The van der Waals surface area contributed by atoms with Crippen molar-refractivity contribution in [3.63, 3.8) is 0 Å². The fourth-order valence-corrected chi connectivity index (χ4v) is 5.21. The van der Waals surface area contributed by atoms with Crippen LogP contribution in [0.15, 0.2) is 42.5 Å². The Bertz CT molecular complexity index is 1150. The van der Waals surface area contributed by atoms with Gasteiger partial charge in [0.2, 0.25) is 11.8 Å². The highest BCUT2D eigenvalue weighted by molar-refractivity contribution is 5.88. The van der Waals surface area contributed by atoms with Gasteiger partial charge >= 0.3 is 0 Å². The highest BCUT2D eigenvalue weighted by atomic mass is 19.1. The van der Waals surface area contributed by atoms with Crippen molar-refractivity contribution >= 4 is 11.8 Å². The average Bonchev–Trinajstić information content (AvgIpc) is 3.70. The number of nitrogens with one attached hydrogen (secondary N) is 3. The van der Waals surface area contributed by atoms with Crippen LogP contribution in [0.25, 0.3) is 0 Å². The Hall–Kier alpha value is -2.97. The summed E-state index contributed by atoms with van der Waals surface area (Å²) < 4.78 is 20.2. The summed E-state index contributed by atoms with van der Waals surface area (Å²) in [5, 5.41) is 20.8. The van der Waals surface area contributed by atoms with E-state index in [1.807, 2.05) is 13.8 Å². The minimum Gasteiger partial charge on any atom is -0.493 e. The van der Waals surface area contributed by atoms with Crippen molar-refractivity contribution in [2.75, 3.05) is 13.2 Å². The van der Waals surface area contributed by atoms with Crippen LogP contribution < -0.4 is 20.7 Å². The third-order valence-corrected chi connectivity index (χ3v) is 7.80. The Labute approximate surface area is 230 Å². The number of carbonyl (C=O) groups is 2. The van der Waals surface area contributed by atoms with E-state index >= 15 is 0 Å². The fourth-order valence-electron chi connectivity index (χ4n) is 5.21. The monoisotopic (exact) mass is 539 g/mol. The summed E-state index contributed by atoms with van der Waals surface area (Å²) in [7, 11) is 0. The molecule has 1 aliphatic heterocycles. The molecule has 0 aromatic heterocycles. The van der Waals surface area contributed by atoms with Gasteiger partial charge in [0.25, 0.3) is 0 Å². The fraction of sp³-hybridized carbons (Fsp3) is 0.548. The van der Waals surface area contributed by atoms with Gasteiger partial charge in [0.05, 0.1) is 18.8 Å². The van der Waals surface area contributed by atoms with E-state index in [0.29, 0.717) is 30.8 Å².